The first kappa shape index (κ1) is 46.3. The number of alkyl halides is 3. The van der Waals surface area contributed by atoms with Gasteiger partial charge in [0.2, 0.25) is 12.2 Å². The van der Waals surface area contributed by atoms with Gasteiger partial charge >= 0.3 is 0 Å². The first-order valence-electron chi connectivity index (χ1n) is 19.6. The largest absolute Gasteiger partial charge is 0.497 e. The smallest absolute Gasteiger partial charge is 0.265 e. The van der Waals surface area contributed by atoms with Crippen LogP contribution in [0.4, 0.5) is 0 Å². The van der Waals surface area contributed by atoms with Crippen LogP contribution in [0.5, 0.6) is 5.75 Å². The Hall–Kier alpha value is -2.75. The molecule has 1 saturated heterocycles. The lowest BCUT2D eigenvalue weighted by Gasteiger charge is -2.53. The molecule has 0 unspecified atom stereocenters. The predicted molar refractivity (Wildman–Crippen MR) is 240 cm³/mol. The number of benzene rings is 4. The zero-order chi connectivity index (χ0) is 42.4. The third-order valence-electron chi connectivity index (χ3n) is 11.0. The highest BCUT2D eigenvalue weighted by Crippen LogP contribution is 2.44. The summed E-state index contributed by atoms with van der Waals surface area (Å²) in [6, 6.07) is 38.5. The molecular formula is C45H58Cl3NO7Si2. The molecule has 1 aliphatic rings. The minimum atomic E-state index is -3.27. The fraction of sp³-hybridized carbons (Fsp3) is 0.444. The Morgan fingerprint density at radius 1 is 0.655 bits per heavy atom. The van der Waals surface area contributed by atoms with E-state index in [1.165, 1.54) is 0 Å². The summed E-state index contributed by atoms with van der Waals surface area (Å²) in [6.45, 7) is 18.2. The first-order chi connectivity index (χ1) is 27.3. The Morgan fingerprint density at radius 2 is 1.17 bits per heavy atom. The van der Waals surface area contributed by atoms with E-state index in [2.05, 4.69) is 103 Å². The Bertz CT molecular complexity index is 1850. The van der Waals surface area contributed by atoms with Crippen molar-refractivity contribution >= 4 is 67.7 Å². The average molecular weight is 887 g/mol. The van der Waals surface area contributed by atoms with Gasteiger partial charge in [0.25, 0.3) is 12.1 Å². The number of rotatable bonds is 15. The van der Waals surface area contributed by atoms with Crippen molar-refractivity contribution in [3.63, 3.8) is 0 Å². The van der Waals surface area contributed by atoms with Crippen molar-refractivity contribution in [2.24, 2.45) is 0 Å². The highest BCUT2D eigenvalue weighted by Gasteiger charge is 2.59. The topological polar surface area (TPSA) is 88.5 Å². The van der Waals surface area contributed by atoms with E-state index < -0.39 is 62.1 Å². The van der Waals surface area contributed by atoms with E-state index in [4.69, 9.17) is 72.7 Å². The molecule has 0 amide bonds. The number of methoxy groups -OCH3 is 1. The zero-order valence-electron chi connectivity index (χ0n) is 35.0. The summed E-state index contributed by atoms with van der Waals surface area (Å²) < 4.78 is 45.2. The molecule has 1 fully saturated rings. The summed E-state index contributed by atoms with van der Waals surface area (Å²) in [5, 5.41) is 10.3. The molecule has 58 heavy (non-hydrogen) atoms. The molecule has 0 bridgehead atoms. The molecule has 314 valence electrons. The van der Waals surface area contributed by atoms with Gasteiger partial charge in [-0.3, -0.25) is 5.41 Å². The molecular weight excluding hydrogens is 829 g/mol. The molecule has 0 spiro atoms. The SMILES string of the molecule is COc1ccc(COC[C@H]2O[C@H](OC(=N)C(Cl)(Cl)Cl)[C@@H](OCc3ccccc3)[C@@H](O[Si](C)(C)C(C)(C)C)[C@@H]2O[Si](c2ccccc2)(c2ccccc2)C(C)(C)C)cc1. The van der Waals surface area contributed by atoms with E-state index in [0.29, 0.717) is 0 Å². The van der Waals surface area contributed by atoms with E-state index in [9.17, 15) is 0 Å². The zero-order valence-corrected chi connectivity index (χ0v) is 39.2. The molecule has 0 aliphatic carbocycles. The number of halogens is 3. The van der Waals surface area contributed by atoms with Crippen LogP contribution in [0.3, 0.4) is 0 Å². The molecule has 5 atom stereocenters. The van der Waals surface area contributed by atoms with Crippen LogP contribution in [0.2, 0.25) is 23.2 Å². The molecule has 1 N–H and O–H groups in total. The minimum absolute atomic E-state index is 0.0820. The van der Waals surface area contributed by atoms with Crippen LogP contribution in [-0.2, 0) is 41.0 Å². The summed E-state index contributed by atoms with van der Waals surface area (Å²) in [7, 11) is -4.27. The molecule has 5 rings (SSSR count). The van der Waals surface area contributed by atoms with E-state index in [1.807, 2.05) is 66.7 Å². The van der Waals surface area contributed by atoms with Crippen molar-refractivity contribution in [2.45, 2.75) is 112 Å². The summed E-state index contributed by atoms with van der Waals surface area (Å²) in [6.07, 6.45) is -4.53. The molecule has 8 nitrogen and oxygen atoms in total. The normalized spacial score (nSPS) is 20.7. The number of hydrogen-bond acceptors (Lipinski definition) is 8. The molecule has 0 saturated carbocycles. The highest BCUT2D eigenvalue weighted by molar-refractivity contribution is 6.99. The van der Waals surface area contributed by atoms with Crippen molar-refractivity contribution in [3.05, 3.63) is 126 Å². The molecule has 4 aromatic carbocycles. The van der Waals surface area contributed by atoms with Gasteiger partial charge in [-0.2, -0.15) is 0 Å². The van der Waals surface area contributed by atoms with Crippen molar-refractivity contribution in [1.82, 2.24) is 0 Å². The highest BCUT2D eigenvalue weighted by atomic mass is 35.6. The van der Waals surface area contributed by atoms with E-state index in [-0.39, 0.29) is 24.9 Å². The minimum Gasteiger partial charge on any atom is -0.497 e. The standard InChI is InChI=1S/C45H58Cl3NO7Si2/c1-43(2,3)57(8,9)55-39-38(56-58(44(4,5)6,35-21-15-11-16-22-35)36-23-17-12-18-24-36)37(31-51-29-33-25-27-34(50-7)28-26-33)53-41(54-42(49)45(46,47)48)40(39)52-30-32-19-13-10-14-20-32/h10-28,37-41,49H,29-31H2,1-9H3/t37-,38-,39+,40+,41-/m1/s1. The maximum absolute atomic E-state index is 8.71. The second-order valence-electron chi connectivity index (χ2n) is 17.2. The maximum atomic E-state index is 8.71. The second kappa shape index (κ2) is 19.3. The Labute approximate surface area is 362 Å². The molecule has 13 heteroatoms. The third kappa shape index (κ3) is 11.1. The van der Waals surface area contributed by atoms with Crippen LogP contribution < -0.4 is 15.1 Å². The van der Waals surface area contributed by atoms with Crippen LogP contribution in [0.15, 0.2) is 115 Å². The lowest BCUT2D eigenvalue weighted by atomic mass is 9.99. The van der Waals surface area contributed by atoms with Crippen LogP contribution in [0.25, 0.3) is 0 Å². The van der Waals surface area contributed by atoms with Gasteiger partial charge in [-0.15, -0.1) is 0 Å². The third-order valence-corrected chi connectivity index (χ3v) is 21.1. The van der Waals surface area contributed by atoms with Gasteiger partial charge in [0, 0.05) is 0 Å². The Balaban J connectivity index is 1.71. The molecule has 0 radical (unpaired) electrons. The van der Waals surface area contributed by atoms with Gasteiger partial charge in [0.15, 0.2) is 8.32 Å². The summed E-state index contributed by atoms with van der Waals surface area (Å²) in [5.74, 6) is 0.146. The van der Waals surface area contributed by atoms with Crippen LogP contribution in [0, 0.1) is 5.41 Å². The van der Waals surface area contributed by atoms with Gasteiger partial charge in [-0.25, -0.2) is 0 Å². The van der Waals surface area contributed by atoms with Crippen LogP contribution in [-0.4, -0.2) is 70.7 Å². The Kier molecular flexibility index (Phi) is 15.4. The summed E-state index contributed by atoms with van der Waals surface area (Å²) in [5.41, 5.74) is 1.88. The monoisotopic (exact) mass is 885 g/mol. The van der Waals surface area contributed by atoms with Gasteiger partial charge < -0.3 is 32.5 Å². The van der Waals surface area contributed by atoms with E-state index >= 15 is 0 Å². The van der Waals surface area contributed by atoms with E-state index in [1.54, 1.807) is 7.11 Å². The maximum Gasteiger partial charge on any atom is 0.265 e. The number of hydrogen-bond donors (Lipinski definition) is 1. The van der Waals surface area contributed by atoms with Gasteiger partial charge in [-0.1, -0.05) is 179 Å². The molecule has 1 heterocycles. The molecule has 0 aromatic heterocycles. The second-order valence-corrected chi connectivity index (χ2v) is 28.5. The fourth-order valence-corrected chi connectivity index (χ4v) is 13.1. The fourth-order valence-electron chi connectivity index (χ4n) is 6.94. The summed E-state index contributed by atoms with van der Waals surface area (Å²) in [4.78, 5) is 0. The summed E-state index contributed by atoms with van der Waals surface area (Å²) >= 11 is 18.7. The van der Waals surface area contributed by atoms with E-state index in [0.717, 1.165) is 27.2 Å². The van der Waals surface area contributed by atoms with Crippen LogP contribution >= 0.6 is 34.8 Å². The van der Waals surface area contributed by atoms with Crippen LogP contribution in [0.1, 0.15) is 52.7 Å². The predicted octanol–water partition coefficient (Wildman–Crippen LogP) is 10.2. The van der Waals surface area contributed by atoms with Gasteiger partial charge in [0.05, 0.1) is 26.9 Å². The molecule has 1 aliphatic heterocycles. The van der Waals surface area contributed by atoms with Gasteiger partial charge in [0.1, 0.15) is 30.2 Å². The molecule has 4 aromatic rings. The van der Waals surface area contributed by atoms with Gasteiger partial charge in [-0.05, 0) is 56.8 Å². The Morgan fingerprint density at radius 3 is 1.66 bits per heavy atom. The van der Waals surface area contributed by atoms with Crippen molar-refractivity contribution < 1.29 is 32.5 Å². The average Bonchev–Trinajstić information content (AvgIpc) is 3.17. The lowest BCUT2D eigenvalue weighted by molar-refractivity contribution is -0.290. The van der Waals surface area contributed by atoms with Crippen molar-refractivity contribution in [2.75, 3.05) is 13.7 Å². The first-order valence-corrected chi connectivity index (χ1v) is 25.5. The number of nitrogens with one attached hydrogen (secondary N) is 1. The lowest BCUT2D eigenvalue weighted by Crippen LogP contribution is -2.73. The van der Waals surface area contributed by atoms with Crippen molar-refractivity contribution in [3.8, 4) is 5.75 Å². The quantitative estimate of drug-likeness (QED) is 0.0551. The van der Waals surface area contributed by atoms with Crippen molar-refractivity contribution in [1.29, 1.82) is 5.41 Å². The number of ether oxygens (including phenoxy) is 5.